The largest absolute Gasteiger partial charge is 0.488 e. The summed E-state index contributed by atoms with van der Waals surface area (Å²) in [6.07, 6.45) is 14.8. The van der Waals surface area contributed by atoms with Crippen molar-refractivity contribution in [2.45, 2.75) is 191 Å². The molecule has 2 saturated heterocycles. The minimum absolute atomic E-state index is 0.0212. The molecule has 6 saturated carbocycles. The van der Waals surface area contributed by atoms with Gasteiger partial charge in [-0.15, -0.1) is 13.2 Å². The summed E-state index contributed by atoms with van der Waals surface area (Å²) in [5.74, 6) is -4.29. The Kier molecular flexibility index (Phi) is 26.2. The van der Waals surface area contributed by atoms with E-state index in [1.165, 1.54) is 26.2 Å². The number of hydrogen-bond acceptors (Lipinski definition) is 16. The third-order valence-electron chi connectivity index (χ3n) is 22.4. The van der Waals surface area contributed by atoms with E-state index >= 15 is 0 Å². The molecule has 0 aromatic heterocycles. The van der Waals surface area contributed by atoms with E-state index in [-0.39, 0.29) is 109 Å². The Morgan fingerprint density at radius 1 is 0.557 bits per heavy atom. The third-order valence-corrected chi connectivity index (χ3v) is 27.1. The fraction of sp³-hybridized carbons (Fsp3) is 0.550. The quantitative estimate of drug-likeness (QED) is 0.0233. The maximum Gasteiger partial charge on any atom is 0.488 e. The number of benzene rings is 4. The smallest absolute Gasteiger partial charge is 0.462 e. The van der Waals surface area contributed by atoms with E-state index in [0.717, 1.165) is 81.4 Å². The summed E-state index contributed by atoms with van der Waals surface area (Å²) < 4.78 is 70.9. The first kappa shape index (κ1) is 81.3. The van der Waals surface area contributed by atoms with Gasteiger partial charge in [0.2, 0.25) is 43.7 Å². The maximum atomic E-state index is 14.6. The van der Waals surface area contributed by atoms with Gasteiger partial charge in [0.05, 0.1) is 58.6 Å². The second kappa shape index (κ2) is 34.2. The predicted octanol–water partition coefficient (Wildman–Crippen LogP) is 9.92. The molecule has 6 aliphatic carbocycles. The van der Waals surface area contributed by atoms with Crippen LogP contribution in [0.2, 0.25) is 0 Å². The molecule has 106 heavy (non-hydrogen) atoms. The number of Topliss-reactive ketones (excluding diaryl/α,β-unsaturated/α-hetero) is 2. The number of carbonyl (C=O) groups is 8. The van der Waals surface area contributed by atoms with Gasteiger partial charge >= 0.3 is 19.1 Å². The van der Waals surface area contributed by atoms with Gasteiger partial charge in [-0.05, 0) is 170 Å². The number of sulfonamides is 2. The molecule has 0 radical (unpaired) electrons. The number of rotatable bonds is 28. The van der Waals surface area contributed by atoms with Crippen LogP contribution < -0.4 is 16.1 Å². The Labute approximate surface area is 633 Å². The zero-order valence-corrected chi connectivity index (χ0v) is 65.1. The second-order valence-corrected chi connectivity index (χ2v) is 37.0. The summed E-state index contributed by atoms with van der Waals surface area (Å²) >= 11 is 3.33. The Hall–Kier alpha value is -7.20. The minimum Gasteiger partial charge on any atom is -0.462 e. The minimum atomic E-state index is -4.22. The van der Waals surface area contributed by atoms with Gasteiger partial charge in [-0.1, -0.05) is 145 Å². The molecular formula is C80H104BBrN6O16S2. The van der Waals surface area contributed by atoms with Crippen LogP contribution in [-0.4, -0.2) is 163 Å². The topological polar surface area (TPSA) is 301 Å². The number of ketones is 2. The van der Waals surface area contributed by atoms with Gasteiger partial charge in [-0.2, -0.15) is 8.61 Å². The molecule has 0 bridgehead atoms. The molecule has 8 aliphatic rings. The van der Waals surface area contributed by atoms with E-state index in [1.807, 2.05) is 77.9 Å². The van der Waals surface area contributed by atoms with Crippen LogP contribution in [0.4, 0.5) is 0 Å². The molecule has 2 aliphatic heterocycles. The van der Waals surface area contributed by atoms with Gasteiger partial charge in [-0.3, -0.25) is 38.4 Å². The number of halogens is 1. The van der Waals surface area contributed by atoms with Gasteiger partial charge in [-0.25, -0.2) is 16.8 Å². The molecular weight excluding hydrogens is 1460 g/mol. The zero-order chi connectivity index (χ0) is 76.7. The van der Waals surface area contributed by atoms with Crippen molar-refractivity contribution >= 4 is 95.7 Å². The molecule has 0 unspecified atom stereocenters. The molecule has 4 aromatic carbocycles. The average Bonchev–Trinajstić information content (AvgIpc) is 1.59. The van der Waals surface area contributed by atoms with Crippen molar-refractivity contribution in [3.05, 3.63) is 139 Å². The summed E-state index contributed by atoms with van der Waals surface area (Å²) in [5.41, 5.74) is -1.60. The Balaban J connectivity index is 0.000000203. The molecule has 4 aromatic rings. The number of hydrogen-bond donors (Lipinski definition) is 4. The summed E-state index contributed by atoms with van der Waals surface area (Å²) in [7, 11) is -9.68. The van der Waals surface area contributed by atoms with Crippen LogP contribution in [0.3, 0.4) is 0 Å². The number of nitrogens with one attached hydrogen (secondary N) is 2. The lowest BCUT2D eigenvalue weighted by Gasteiger charge is -2.34. The lowest BCUT2D eigenvalue weighted by atomic mass is 9.77. The van der Waals surface area contributed by atoms with Gasteiger partial charge in [0, 0.05) is 49.1 Å². The number of esters is 2. The molecule has 572 valence electrons. The SMILES string of the molecule is C=C[C@@H]1C[C@]1(CC(=O)[C@@H]1CN(S(=O)(=O)c2ccccc2-c2ccccc2)CN1C(=O)[C@@H](CC(=O)OC1CCCC1)C(C)(C)C)C(=O)NCC1CC1.C=C[C@@H]1C[C@]1(CC(=O)[C@@H]1CN(S(=O)(=O)c2ccccc2Br)CN1C(=O)[C@@H](CC(=O)OC1CCCC1)C(C)(C)C)C(=O)NCC1CC1.OB(O)c1ccccc1. The van der Waals surface area contributed by atoms with Crippen LogP contribution in [0.1, 0.15) is 157 Å². The van der Waals surface area contributed by atoms with E-state index in [9.17, 15) is 55.2 Å². The van der Waals surface area contributed by atoms with Crippen LogP contribution in [-0.2, 0) is 67.9 Å². The monoisotopic (exact) mass is 1560 g/mol. The highest BCUT2D eigenvalue weighted by atomic mass is 79.9. The second-order valence-electron chi connectivity index (χ2n) is 32.3. The van der Waals surface area contributed by atoms with Gasteiger partial charge in [0.25, 0.3) is 0 Å². The number of amides is 4. The third kappa shape index (κ3) is 19.6. The van der Waals surface area contributed by atoms with E-state index in [4.69, 9.17) is 19.5 Å². The number of carbonyl (C=O) groups excluding carboxylic acids is 8. The van der Waals surface area contributed by atoms with Crippen molar-refractivity contribution in [1.82, 2.24) is 29.0 Å². The standard InChI is InChI=1S/C40H51N3O7S.C34H46BrN3O7S.C6H7BO2/c1-5-29-22-40(29,38(47)41-24-27-19-20-27)23-34(44)33-25-42(51(48,49)35-18-12-11-17-31(35)28-13-7-6-8-14-28)26-43(33)37(46)32(39(2,3)4)21-36(45)50-30-15-9-10-16-30;1-5-23-17-34(23,32(42)36-19-22-14-15-22)18-28(39)27-20-37(46(43,44)29-13-9-8-12-26(29)35)21-38(27)31(41)25(33(2,3)4)16-30(40)45-24-10-6-7-11-24;8-7(9)6-4-2-1-3-5-6/h5-8,11-14,17-18,27,29-30,32-33H,1,9-10,15-16,19-26H2,2-4H3,(H,41,47);5,8-9,12-13,22-25,27H,1,6-7,10-11,14-21H2,2-4H3,(H,36,42);1-5,8-9H/t29-,32-,33+,40-;23-,25-,27+,34-;/m11./s1. The van der Waals surface area contributed by atoms with Crippen LogP contribution in [0, 0.1) is 57.2 Å². The van der Waals surface area contributed by atoms with E-state index in [1.54, 1.807) is 72.8 Å². The summed E-state index contributed by atoms with van der Waals surface area (Å²) in [6, 6.07) is 28.7. The van der Waals surface area contributed by atoms with Crippen LogP contribution in [0.15, 0.2) is 149 Å². The fourth-order valence-electron chi connectivity index (χ4n) is 15.1. The van der Waals surface area contributed by atoms with Gasteiger partial charge in [0.1, 0.15) is 24.3 Å². The molecule has 8 atom stereocenters. The molecule has 8 fully saturated rings. The van der Waals surface area contributed by atoms with Crippen molar-refractivity contribution in [1.29, 1.82) is 0 Å². The normalized spacial score (nSPS) is 23.9. The van der Waals surface area contributed by atoms with Crippen molar-refractivity contribution in [2.75, 3.05) is 39.5 Å². The Morgan fingerprint density at radius 3 is 1.30 bits per heavy atom. The summed E-state index contributed by atoms with van der Waals surface area (Å²) in [4.78, 5) is 114. The van der Waals surface area contributed by atoms with Gasteiger partial charge < -0.3 is 40.0 Å². The van der Waals surface area contributed by atoms with Crippen molar-refractivity contribution in [3.63, 3.8) is 0 Å². The van der Waals surface area contributed by atoms with Crippen molar-refractivity contribution in [3.8, 4) is 11.1 Å². The molecule has 2 heterocycles. The van der Waals surface area contributed by atoms with E-state index in [2.05, 4.69) is 39.7 Å². The molecule has 12 rings (SSSR count). The van der Waals surface area contributed by atoms with Crippen molar-refractivity contribution < 1.29 is 74.7 Å². The zero-order valence-electron chi connectivity index (χ0n) is 61.9. The number of nitrogens with zero attached hydrogens (tertiary/aromatic N) is 4. The average molecular weight is 1560 g/mol. The number of allylic oxidation sites excluding steroid dienone is 2. The highest BCUT2D eigenvalue weighted by Crippen LogP contribution is 2.58. The van der Waals surface area contributed by atoms with Gasteiger partial charge in [0.15, 0.2) is 11.6 Å². The molecule has 0 spiro atoms. The fourth-order valence-corrected chi connectivity index (χ4v) is 19.1. The molecule has 4 N–H and O–H groups in total. The van der Waals surface area contributed by atoms with Crippen LogP contribution in [0.5, 0.6) is 0 Å². The highest BCUT2D eigenvalue weighted by molar-refractivity contribution is 9.10. The van der Waals surface area contributed by atoms with Crippen LogP contribution in [0.25, 0.3) is 11.1 Å². The lowest BCUT2D eigenvalue weighted by Crippen LogP contribution is -2.49. The first-order valence-corrected chi connectivity index (χ1v) is 41.1. The van der Waals surface area contributed by atoms with Crippen molar-refractivity contribution in [2.24, 2.45) is 57.2 Å². The number of ether oxygens (including phenoxy) is 2. The first-order valence-electron chi connectivity index (χ1n) is 37.4. The molecule has 22 nitrogen and oxygen atoms in total. The Bertz CT molecular complexity index is 4120. The lowest BCUT2D eigenvalue weighted by molar-refractivity contribution is -0.156. The van der Waals surface area contributed by atoms with E-state index in [0.29, 0.717) is 58.8 Å². The summed E-state index contributed by atoms with van der Waals surface area (Å²) in [5, 5.41) is 23.2. The van der Waals surface area contributed by atoms with Crippen LogP contribution >= 0.6 is 15.9 Å². The predicted molar refractivity (Wildman–Crippen MR) is 405 cm³/mol. The molecule has 4 amide bonds. The van der Waals surface area contributed by atoms with E-state index < -0.39 is 96.5 Å². The molecule has 26 heteroatoms. The first-order chi connectivity index (χ1) is 50.2. The Morgan fingerprint density at radius 2 is 0.934 bits per heavy atom. The highest BCUT2D eigenvalue weighted by Gasteiger charge is 2.62. The maximum absolute atomic E-state index is 14.6. The summed E-state index contributed by atoms with van der Waals surface area (Å²) in [6.45, 7) is 18.8.